The molecule has 3 N–H and O–H groups in total. The van der Waals surface area contributed by atoms with Gasteiger partial charge in [-0.25, -0.2) is 0 Å². The van der Waals surface area contributed by atoms with Gasteiger partial charge in [-0.05, 0) is 12.3 Å². The second-order valence-corrected chi connectivity index (χ2v) is 7.55. The molecule has 0 saturated carbocycles. The lowest BCUT2D eigenvalue weighted by Gasteiger charge is -2.05. The highest BCUT2D eigenvalue weighted by Gasteiger charge is 1.96. The molecule has 0 aromatic heterocycles. The fourth-order valence-corrected chi connectivity index (χ4v) is 3.13. The third kappa shape index (κ3) is 22.5. The average Bonchev–Trinajstić information content (AvgIpc) is 2.46. The van der Waals surface area contributed by atoms with Gasteiger partial charge in [0.05, 0.1) is 0 Å². The Hall–Kier alpha value is 0.250. The van der Waals surface area contributed by atoms with Crippen LogP contribution in [0.25, 0.3) is 0 Å². The van der Waals surface area contributed by atoms with Gasteiger partial charge in [0.2, 0.25) is 0 Å². The lowest BCUT2D eigenvalue weighted by molar-refractivity contribution is 0.502. The first kappa shape index (κ1) is 24.5. The van der Waals surface area contributed by atoms with E-state index in [0.29, 0.717) is 0 Å². The molecule has 0 aliphatic rings. The van der Waals surface area contributed by atoms with Gasteiger partial charge < -0.3 is 6.15 Å². The summed E-state index contributed by atoms with van der Waals surface area (Å²) in [7, 11) is 0. The molecule has 0 bridgehead atoms. The van der Waals surface area contributed by atoms with Gasteiger partial charge in [0, 0.05) is 5.88 Å². The van der Waals surface area contributed by atoms with E-state index in [2.05, 4.69) is 13.8 Å². The maximum Gasteiger partial charge on any atom is 0.0223 e. The van der Waals surface area contributed by atoms with E-state index >= 15 is 0 Å². The largest absolute Gasteiger partial charge is 0.344 e. The Morgan fingerprint density at radius 1 is 0.500 bits per heavy atom. The van der Waals surface area contributed by atoms with Gasteiger partial charge in [0.25, 0.3) is 0 Å². The Kier molecular flexibility index (Phi) is 23.7. The number of unbranched alkanes of at least 4 members (excludes halogenated alkanes) is 14. The molecule has 22 heavy (non-hydrogen) atoms. The smallest absolute Gasteiger partial charge is 0.0223 e. The molecular formula is C20H44ClN. The number of halogens is 1. The van der Waals surface area contributed by atoms with Crippen LogP contribution in [0, 0.1) is 5.92 Å². The lowest BCUT2D eigenvalue weighted by atomic mass is 10.0. The zero-order valence-electron chi connectivity index (χ0n) is 15.7. The SMILES string of the molecule is CC(C)CCCCCCCCCCCCCCCCCCl.N. The summed E-state index contributed by atoms with van der Waals surface area (Å²) in [5.74, 6) is 1.74. The van der Waals surface area contributed by atoms with Crippen LogP contribution in [0.4, 0.5) is 0 Å². The van der Waals surface area contributed by atoms with Gasteiger partial charge >= 0.3 is 0 Å². The predicted molar refractivity (Wildman–Crippen MR) is 104 cm³/mol. The topological polar surface area (TPSA) is 35.0 Å². The molecule has 0 aliphatic heterocycles. The Balaban J connectivity index is 0. The van der Waals surface area contributed by atoms with Gasteiger partial charge in [0.1, 0.15) is 0 Å². The first-order valence-electron chi connectivity index (χ1n) is 9.83. The Morgan fingerprint density at radius 2 is 0.773 bits per heavy atom. The van der Waals surface area contributed by atoms with Crippen molar-refractivity contribution in [2.75, 3.05) is 5.88 Å². The van der Waals surface area contributed by atoms with E-state index in [1.807, 2.05) is 0 Å². The molecule has 0 aromatic carbocycles. The molecule has 0 rings (SSSR count). The van der Waals surface area contributed by atoms with Crippen LogP contribution in [0.15, 0.2) is 0 Å². The predicted octanol–water partition coefficient (Wildman–Crippen LogP) is 8.28. The minimum absolute atomic E-state index is 0. The fraction of sp³-hybridized carbons (Fsp3) is 1.00. The van der Waals surface area contributed by atoms with E-state index in [-0.39, 0.29) is 6.15 Å². The van der Waals surface area contributed by atoms with Crippen molar-refractivity contribution >= 4 is 11.6 Å². The number of alkyl halides is 1. The van der Waals surface area contributed by atoms with Gasteiger partial charge in [-0.2, -0.15) is 0 Å². The highest BCUT2D eigenvalue weighted by molar-refractivity contribution is 6.17. The van der Waals surface area contributed by atoms with Crippen LogP contribution in [-0.4, -0.2) is 5.88 Å². The highest BCUT2D eigenvalue weighted by atomic mass is 35.5. The quantitative estimate of drug-likeness (QED) is 0.211. The third-order valence-electron chi connectivity index (χ3n) is 4.42. The fourth-order valence-electron chi connectivity index (χ4n) is 2.95. The minimum atomic E-state index is 0. The standard InChI is InChI=1S/C20H41Cl.H3N/c1-20(2)18-16-14-12-10-8-6-4-3-5-7-9-11-13-15-17-19-21;/h20H,3-19H2,1-2H3;1H3. The summed E-state index contributed by atoms with van der Waals surface area (Å²) in [6.45, 7) is 4.67. The zero-order chi connectivity index (χ0) is 15.6. The van der Waals surface area contributed by atoms with Crippen molar-refractivity contribution in [2.24, 2.45) is 5.92 Å². The van der Waals surface area contributed by atoms with Crippen molar-refractivity contribution in [2.45, 2.75) is 117 Å². The second kappa shape index (κ2) is 21.2. The highest BCUT2D eigenvalue weighted by Crippen LogP contribution is 2.14. The van der Waals surface area contributed by atoms with E-state index in [1.54, 1.807) is 0 Å². The van der Waals surface area contributed by atoms with E-state index in [4.69, 9.17) is 11.6 Å². The van der Waals surface area contributed by atoms with Crippen LogP contribution >= 0.6 is 11.6 Å². The molecule has 0 aromatic rings. The molecule has 0 radical (unpaired) electrons. The zero-order valence-corrected chi connectivity index (χ0v) is 16.4. The normalized spacial score (nSPS) is 10.9. The summed E-state index contributed by atoms with van der Waals surface area (Å²) in [6.07, 6.45) is 22.9. The summed E-state index contributed by atoms with van der Waals surface area (Å²) in [4.78, 5) is 0. The lowest BCUT2D eigenvalue weighted by Crippen LogP contribution is -1.87. The molecule has 0 unspecified atom stereocenters. The molecule has 0 atom stereocenters. The van der Waals surface area contributed by atoms with E-state index in [1.165, 1.54) is 103 Å². The maximum atomic E-state index is 5.67. The van der Waals surface area contributed by atoms with Crippen LogP contribution in [0.2, 0.25) is 0 Å². The van der Waals surface area contributed by atoms with Crippen molar-refractivity contribution < 1.29 is 0 Å². The number of hydrogen-bond acceptors (Lipinski definition) is 1. The summed E-state index contributed by atoms with van der Waals surface area (Å²) in [6, 6.07) is 0. The molecular weight excluding hydrogens is 290 g/mol. The first-order valence-corrected chi connectivity index (χ1v) is 10.4. The van der Waals surface area contributed by atoms with Gasteiger partial charge in [-0.1, -0.05) is 110 Å². The molecule has 0 aliphatic carbocycles. The molecule has 136 valence electrons. The van der Waals surface area contributed by atoms with Crippen molar-refractivity contribution in [1.82, 2.24) is 6.15 Å². The molecule has 0 amide bonds. The van der Waals surface area contributed by atoms with Crippen LogP contribution in [0.1, 0.15) is 117 Å². The van der Waals surface area contributed by atoms with Crippen LogP contribution in [0.3, 0.4) is 0 Å². The van der Waals surface area contributed by atoms with Crippen molar-refractivity contribution in [3.63, 3.8) is 0 Å². The summed E-state index contributed by atoms with van der Waals surface area (Å²) >= 11 is 5.67. The van der Waals surface area contributed by atoms with Gasteiger partial charge in [-0.3, -0.25) is 0 Å². The second-order valence-electron chi connectivity index (χ2n) is 7.17. The monoisotopic (exact) mass is 333 g/mol. The maximum absolute atomic E-state index is 5.67. The van der Waals surface area contributed by atoms with Crippen molar-refractivity contribution in [3.05, 3.63) is 0 Å². The summed E-state index contributed by atoms with van der Waals surface area (Å²) < 4.78 is 0. The Bertz CT molecular complexity index is 183. The third-order valence-corrected chi connectivity index (χ3v) is 4.68. The molecule has 0 saturated heterocycles. The molecule has 0 fully saturated rings. The van der Waals surface area contributed by atoms with Crippen LogP contribution < -0.4 is 6.15 Å². The van der Waals surface area contributed by atoms with Gasteiger partial charge in [-0.15, -0.1) is 11.6 Å². The molecule has 0 spiro atoms. The first-order chi connectivity index (χ1) is 10.3. The molecule has 1 nitrogen and oxygen atoms in total. The van der Waals surface area contributed by atoms with Crippen LogP contribution in [0.5, 0.6) is 0 Å². The van der Waals surface area contributed by atoms with E-state index in [9.17, 15) is 0 Å². The number of hydrogen-bond donors (Lipinski definition) is 1. The summed E-state index contributed by atoms with van der Waals surface area (Å²) in [5, 5.41) is 0. The average molecular weight is 334 g/mol. The number of rotatable bonds is 17. The van der Waals surface area contributed by atoms with Gasteiger partial charge in [0.15, 0.2) is 0 Å². The minimum Gasteiger partial charge on any atom is -0.344 e. The van der Waals surface area contributed by atoms with Crippen LogP contribution in [-0.2, 0) is 0 Å². The molecule has 0 heterocycles. The van der Waals surface area contributed by atoms with Crippen molar-refractivity contribution in [1.29, 1.82) is 0 Å². The Morgan fingerprint density at radius 3 is 1.05 bits per heavy atom. The summed E-state index contributed by atoms with van der Waals surface area (Å²) in [5.41, 5.74) is 0. The van der Waals surface area contributed by atoms with E-state index < -0.39 is 0 Å². The Labute approximate surface area is 146 Å². The van der Waals surface area contributed by atoms with E-state index in [0.717, 1.165) is 11.8 Å². The molecule has 2 heteroatoms. The van der Waals surface area contributed by atoms with Crippen molar-refractivity contribution in [3.8, 4) is 0 Å².